The summed E-state index contributed by atoms with van der Waals surface area (Å²) in [6.07, 6.45) is 14.7. The zero-order valence-corrected chi connectivity index (χ0v) is 15.3. The molecule has 2 unspecified atom stereocenters. The second kappa shape index (κ2) is 6.74. The largest absolute Gasteiger partial charge is 0.359 e. The van der Waals surface area contributed by atoms with Crippen LogP contribution in [-0.4, -0.2) is 34.0 Å². The highest BCUT2D eigenvalue weighted by molar-refractivity contribution is 8.14. The van der Waals surface area contributed by atoms with Gasteiger partial charge in [0.25, 0.3) is 0 Å². The summed E-state index contributed by atoms with van der Waals surface area (Å²) >= 11 is 4.04. The molecule has 120 valence electrons. The minimum Gasteiger partial charge on any atom is -0.359 e. The van der Waals surface area contributed by atoms with Gasteiger partial charge in [0.2, 0.25) is 0 Å². The van der Waals surface area contributed by atoms with Gasteiger partial charge in [-0.25, -0.2) is 0 Å². The first-order valence-electron chi connectivity index (χ1n) is 8.66. The molecule has 21 heavy (non-hydrogen) atoms. The highest BCUT2D eigenvalue weighted by atomic mass is 32.2. The average Bonchev–Trinajstić information content (AvgIpc) is 2.88. The van der Waals surface area contributed by atoms with Crippen LogP contribution in [0.15, 0.2) is 4.99 Å². The molecule has 4 heteroatoms. The second-order valence-corrected chi connectivity index (χ2v) is 9.70. The van der Waals surface area contributed by atoms with Gasteiger partial charge in [0.1, 0.15) is 0 Å². The maximum Gasteiger partial charge on any atom is 0.157 e. The second-order valence-electron chi connectivity index (χ2n) is 7.46. The predicted octanol–water partition coefficient (Wildman–Crippen LogP) is 4.69. The van der Waals surface area contributed by atoms with Gasteiger partial charge in [0, 0.05) is 16.0 Å². The van der Waals surface area contributed by atoms with Crippen molar-refractivity contribution in [3.05, 3.63) is 0 Å². The molecular formula is C17H30N2S2. The van der Waals surface area contributed by atoms with Crippen LogP contribution in [0.4, 0.5) is 0 Å². The van der Waals surface area contributed by atoms with Crippen LogP contribution in [0.25, 0.3) is 0 Å². The Bertz CT molecular complexity index is 390. The van der Waals surface area contributed by atoms with Crippen molar-refractivity contribution in [2.75, 3.05) is 18.6 Å². The normalized spacial score (nSPS) is 37.8. The smallest absolute Gasteiger partial charge is 0.157 e. The lowest BCUT2D eigenvalue weighted by atomic mass is 9.78. The molecule has 0 aromatic rings. The van der Waals surface area contributed by atoms with Gasteiger partial charge >= 0.3 is 0 Å². The molecule has 2 aliphatic carbocycles. The van der Waals surface area contributed by atoms with E-state index in [1.807, 2.05) is 11.8 Å². The number of aliphatic imine (C=N–C) groups is 1. The summed E-state index contributed by atoms with van der Waals surface area (Å²) in [7, 11) is 0. The van der Waals surface area contributed by atoms with Crippen molar-refractivity contribution in [2.45, 2.75) is 75.0 Å². The minimum absolute atomic E-state index is 0.375. The summed E-state index contributed by atoms with van der Waals surface area (Å²) in [5.41, 5.74) is 0.375. The van der Waals surface area contributed by atoms with E-state index in [1.165, 1.54) is 68.7 Å². The van der Waals surface area contributed by atoms with Gasteiger partial charge in [-0.2, -0.15) is 11.8 Å². The molecule has 3 aliphatic rings. The molecule has 0 radical (unpaired) electrons. The zero-order chi connectivity index (χ0) is 14.8. The van der Waals surface area contributed by atoms with Gasteiger partial charge in [-0.15, -0.1) is 0 Å². The molecule has 0 bridgehead atoms. The summed E-state index contributed by atoms with van der Waals surface area (Å²) in [4.78, 5) is 5.01. The van der Waals surface area contributed by atoms with Crippen LogP contribution in [0.3, 0.4) is 0 Å². The molecule has 3 fully saturated rings. The van der Waals surface area contributed by atoms with Crippen LogP contribution in [0.2, 0.25) is 0 Å². The number of thioether (sulfide) groups is 2. The molecule has 1 spiro atoms. The average molecular weight is 327 g/mol. The highest BCUT2D eigenvalue weighted by Crippen LogP contribution is 2.41. The van der Waals surface area contributed by atoms with Crippen LogP contribution in [-0.2, 0) is 0 Å². The third kappa shape index (κ3) is 3.74. The van der Waals surface area contributed by atoms with Crippen molar-refractivity contribution in [3.8, 4) is 0 Å². The van der Waals surface area contributed by atoms with Crippen LogP contribution in [0.5, 0.6) is 0 Å². The van der Waals surface area contributed by atoms with Crippen molar-refractivity contribution in [1.82, 2.24) is 5.32 Å². The van der Waals surface area contributed by atoms with Gasteiger partial charge in [-0.05, 0) is 37.9 Å². The van der Waals surface area contributed by atoms with Gasteiger partial charge in [-0.1, -0.05) is 50.8 Å². The Morgan fingerprint density at radius 2 is 2.05 bits per heavy atom. The first-order chi connectivity index (χ1) is 10.2. The first-order valence-corrected chi connectivity index (χ1v) is 10.9. The van der Waals surface area contributed by atoms with Gasteiger partial charge in [0.15, 0.2) is 5.17 Å². The van der Waals surface area contributed by atoms with Crippen LogP contribution >= 0.6 is 23.5 Å². The fraction of sp³-hybridized carbons (Fsp3) is 0.941. The lowest BCUT2D eigenvalue weighted by Crippen LogP contribution is -2.47. The lowest BCUT2D eigenvalue weighted by molar-refractivity contribution is 0.242. The summed E-state index contributed by atoms with van der Waals surface area (Å²) in [6.45, 7) is 3.43. The molecule has 2 nitrogen and oxygen atoms in total. The van der Waals surface area contributed by atoms with Gasteiger partial charge < -0.3 is 5.32 Å². The van der Waals surface area contributed by atoms with E-state index in [4.69, 9.17) is 4.99 Å². The van der Waals surface area contributed by atoms with E-state index in [2.05, 4.69) is 30.3 Å². The van der Waals surface area contributed by atoms with Gasteiger partial charge in [-0.3, -0.25) is 4.99 Å². The number of rotatable bonds is 3. The molecule has 2 atom stereocenters. The van der Waals surface area contributed by atoms with E-state index in [9.17, 15) is 0 Å². The molecule has 0 amide bonds. The fourth-order valence-electron chi connectivity index (χ4n) is 4.33. The third-order valence-electron chi connectivity index (χ3n) is 5.66. The van der Waals surface area contributed by atoms with E-state index in [1.54, 1.807) is 0 Å². The maximum absolute atomic E-state index is 5.01. The third-order valence-corrected chi connectivity index (χ3v) is 8.26. The van der Waals surface area contributed by atoms with E-state index in [0.717, 1.165) is 12.5 Å². The number of hydrogen-bond acceptors (Lipinski definition) is 3. The Morgan fingerprint density at radius 1 is 1.24 bits per heavy atom. The van der Waals surface area contributed by atoms with E-state index in [-0.39, 0.29) is 0 Å². The Hall–Kier alpha value is 0.170. The number of nitrogens with zero attached hydrogens (tertiary/aromatic N) is 1. The van der Waals surface area contributed by atoms with Crippen molar-refractivity contribution in [3.63, 3.8) is 0 Å². The molecule has 0 aromatic carbocycles. The van der Waals surface area contributed by atoms with Crippen molar-refractivity contribution in [1.29, 1.82) is 0 Å². The Labute approximate surface area is 138 Å². The Kier molecular flexibility index (Phi) is 5.15. The molecule has 3 rings (SSSR count). The monoisotopic (exact) mass is 326 g/mol. The van der Waals surface area contributed by atoms with Crippen molar-refractivity contribution in [2.24, 2.45) is 10.9 Å². The SMILES string of the molecule is CSC1(CN=C2NC3(CCCC(C)C3)CS2)CCCCC1. The van der Waals surface area contributed by atoms with Crippen LogP contribution < -0.4 is 5.32 Å². The Morgan fingerprint density at radius 3 is 2.76 bits per heavy atom. The molecule has 1 saturated heterocycles. The summed E-state index contributed by atoms with van der Waals surface area (Å²) in [5.74, 6) is 2.12. The number of amidine groups is 1. The molecular weight excluding hydrogens is 296 g/mol. The standard InChI is InChI=1S/C17H30N2S2/c1-14-7-6-8-16(11-14)13-21-15(19-16)18-12-17(20-2)9-4-3-5-10-17/h14H,3-13H2,1-2H3,(H,18,19). The van der Waals surface area contributed by atoms with Crippen LogP contribution in [0.1, 0.15) is 64.7 Å². The zero-order valence-electron chi connectivity index (χ0n) is 13.6. The summed E-state index contributed by atoms with van der Waals surface area (Å²) < 4.78 is 0.434. The topological polar surface area (TPSA) is 24.4 Å². The fourth-order valence-corrected chi connectivity index (χ4v) is 6.42. The quantitative estimate of drug-likeness (QED) is 0.814. The molecule has 0 aromatic heterocycles. The summed E-state index contributed by atoms with van der Waals surface area (Å²) in [6, 6.07) is 0. The molecule has 1 N–H and O–H groups in total. The molecule has 1 aliphatic heterocycles. The predicted molar refractivity (Wildman–Crippen MR) is 97.6 cm³/mol. The van der Waals surface area contributed by atoms with Gasteiger partial charge in [0.05, 0.1) is 6.54 Å². The minimum atomic E-state index is 0.375. The Balaban J connectivity index is 1.60. The molecule has 1 heterocycles. The molecule has 2 saturated carbocycles. The highest BCUT2D eigenvalue weighted by Gasteiger charge is 2.40. The number of nitrogens with one attached hydrogen (secondary N) is 1. The van der Waals surface area contributed by atoms with Crippen molar-refractivity contribution < 1.29 is 0 Å². The lowest BCUT2D eigenvalue weighted by Gasteiger charge is -2.36. The van der Waals surface area contributed by atoms with E-state index < -0.39 is 0 Å². The van der Waals surface area contributed by atoms with E-state index in [0.29, 0.717) is 10.3 Å². The van der Waals surface area contributed by atoms with E-state index >= 15 is 0 Å². The van der Waals surface area contributed by atoms with Crippen LogP contribution in [0, 0.1) is 5.92 Å². The summed E-state index contributed by atoms with van der Waals surface area (Å²) in [5, 5.41) is 5.06. The van der Waals surface area contributed by atoms with Crippen molar-refractivity contribution >= 4 is 28.7 Å². The first kappa shape index (κ1) is 16.0. The maximum atomic E-state index is 5.01. The number of hydrogen-bond donors (Lipinski definition) is 1.